The van der Waals surface area contributed by atoms with Crippen LogP contribution >= 0.6 is 0 Å². The summed E-state index contributed by atoms with van der Waals surface area (Å²) in [6.45, 7) is 4.65. The topological polar surface area (TPSA) is 51.0 Å². The number of nitrogens with zero attached hydrogens (tertiary/aromatic N) is 4. The van der Waals surface area contributed by atoms with Crippen molar-refractivity contribution < 1.29 is 9.18 Å². The van der Waals surface area contributed by atoms with Gasteiger partial charge in [-0.15, -0.1) is 10.2 Å². The van der Waals surface area contributed by atoms with Crippen molar-refractivity contribution >= 4 is 5.91 Å². The first-order chi connectivity index (χ1) is 12.5. The number of hydrogen-bond donors (Lipinski definition) is 0. The Labute approximate surface area is 151 Å². The smallest absolute Gasteiger partial charge is 0.254 e. The van der Waals surface area contributed by atoms with Crippen LogP contribution in [0.4, 0.5) is 4.39 Å². The van der Waals surface area contributed by atoms with Crippen molar-refractivity contribution in [2.45, 2.75) is 26.4 Å². The maximum atomic E-state index is 13.5. The molecule has 0 radical (unpaired) electrons. The third-order valence-electron chi connectivity index (χ3n) is 4.75. The van der Waals surface area contributed by atoms with Crippen molar-refractivity contribution in [3.63, 3.8) is 0 Å². The van der Waals surface area contributed by atoms with Gasteiger partial charge in [0.05, 0.1) is 12.6 Å². The number of aryl methyl sites for hydroxylation is 1. The highest BCUT2D eigenvalue weighted by molar-refractivity contribution is 5.94. The van der Waals surface area contributed by atoms with Gasteiger partial charge in [0, 0.05) is 17.7 Å². The summed E-state index contributed by atoms with van der Waals surface area (Å²) in [5.41, 5.74) is 1.97. The number of rotatable bonds is 2. The van der Waals surface area contributed by atoms with Crippen LogP contribution < -0.4 is 0 Å². The number of fused-ring (bicyclic) bond motifs is 1. The monoisotopic (exact) mass is 350 g/mol. The third kappa shape index (κ3) is 2.77. The molecule has 4 rings (SSSR count). The molecule has 6 heteroatoms. The lowest BCUT2D eigenvalue weighted by Crippen LogP contribution is -2.40. The zero-order valence-corrected chi connectivity index (χ0v) is 14.7. The summed E-state index contributed by atoms with van der Waals surface area (Å²) in [6, 6.07) is 14.4. The Balaban J connectivity index is 1.64. The molecule has 3 aromatic rings. The number of hydrogen-bond acceptors (Lipinski definition) is 3. The van der Waals surface area contributed by atoms with Crippen LogP contribution in [0.2, 0.25) is 0 Å². The van der Waals surface area contributed by atoms with E-state index in [1.165, 1.54) is 12.1 Å². The van der Waals surface area contributed by atoms with Crippen LogP contribution in [0.1, 0.15) is 34.7 Å². The first-order valence-electron chi connectivity index (χ1n) is 8.59. The van der Waals surface area contributed by atoms with Crippen molar-refractivity contribution in [1.82, 2.24) is 19.7 Å². The van der Waals surface area contributed by atoms with Gasteiger partial charge in [-0.05, 0) is 37.6 Å². The molecule has 0 spiro atoms. The van der Waals surface area contributed by atoms with E-state index < -0.39 is 0 Å². The summed E-state index contributed by atoms with van der Waals surface area (Å²) in [5, 5.41) is 8.64. The molecule has 0 aliphatic carbocycles. The van der Waals surface area contributed by atoms with Gasteiger partial charge >= 0.3 is 0 Å². The minimum absolute atomic E-state index is 0.0504. The van der Waals surface area contributed by atoms with Crippen LogP contribution in [0.5, 0.6) is 0 Å². The van der Waals surface area contributed by atoms with Crippen molar-refractivity contribution in [1.29, 1.82) is 0 Å². The highest BCUT2D eigenvalue weighted by Crippen LogP contribution is 2.28. The molecule has 2 heterocycles. The zero-order valence-electron chi connectivity index (χ0n) is 14.7. The minimum Gasteiger partial charge on any atom is -0.329 e. The maximum absolute atomic E-state index is 13.5. The summed E-state index contributed by atoms with van der Waals surface area (Å²) < 4.78 is 15.6. The normalized spacial score (nSPS) is 16.4. The SMILES string of the molecule is Cc1cc(C(=O)N2Cc3nnc(-c4ccccc4)n3[C@@H](C)C2)ccc1F. The van der Waals surface area contributed by atoms with Crippen molar-refractivity contribution in [2.75, 3.05) is 6.54 Å². The molecule has 0 fully saturated rings. The Morgan fingerprint density at radius 1 is 1.15 bits per heavy atom. The summed E-state index contributed by atoms with van der Waals surface area (Å²) >= 11 is 0. The van der Waals surface area contributed by atoms with Gasteiger partial charge in [0.1, 0.15) is 5.82 Å². The molecule has 0 bridgehead atoms. The number of carbonyl (C=O) groups excluding carboxylic acids is 1. The highest BCUT2D eigenvalue weighted by atomic mass is 19.1. The van der Waals surface area contributed by atoms with E-state index in [9.17, 15) is 9.18 Å². The van der Waals surface area contributed by atoms with Gasteiger partial charge in [0.25, 0.3) is 5.91 Å². The molecule has 26 heavy (non-hydrogen) atoms. The standard InChI is InChI=1S/C20H19FN4O/c1-13-10-16(8-9-17(13)21)20(26)24-11-14(2)25-18(12-24)22-23-19(25)15-6-4-3-5-7-15/h3-10,14H,11-12H2,1-2H3/t14-/m0/s1. The number of halogens is 1. The Morgan fingerprint density at radius 2 is 1.92 bits per heavy atom. The Kier molecular flexibility index (Phi) is 4.03. The third-order valence-corrected chi connectivity index (χ3v) is 4.75. The second-order valence-corrected chi connectivity index (χ2v) is 6.67. The second kappa shape index (κ2) is 6.37. The van der Waals surface area contributed by atoms with Crippen molar-refractivity contribution in [3.8, 4) is 11.4 Å². The quantitative estimate of drug-likeness (QED) is 0.709. The van der Waals surface area contributed by atoms with E-state index in [-0.39, 0.29) is 17.8 Å². The van der Waals surface area contributed by atoms with Gasteiger partial charge in [-0.25, -0.2) is 4.39 Å². The summed E-state index contributed by atoms with van der Waals surface area (Å²) in [7, 11) is 0. The molecule has 2 aromatic carbocycles. The van der Waals surface area contributed by atoms with E-state index in [1.54, 1.807) is 17.9 Å². The van der Waals surface area contributed by atoms with Gasteiger partial charge in [0.2, 0.25) is 0 Å². The molecular formula is C20H19FN4O. The number of benzene rings is 2. The zero-order chi connectivity index (χ0) is 18.3. The lowest BCUT2D eigenvalue weighted by atomic mass is 10.1. The van der Waals surface area contributed by atoms with Crippen LogP contribution in [0, 0.1) is 12.7 Å². The molecule has 0 N–H and O–H groups in total. The summed E-state index contributed by atoms with van der Waals surface area (Å²) in [6.07, 6.45) is 0. The van der Waals surface area contributed by atoms with E-state index in [1.807, 2.05) is 30.3 Å². The molecule has 1 aromatic heterocycles. The van der Waals surface area contributed by atoms with E-state index in [2.05, 4.69) is 21.7 Å². The minimum atomic E-state index is -0.305. The second-order valence-electron chi connectivity index (χ2n) is 6.67. The molecule has 1 aliphatic rings. The number of aromatic nitrogens is 3. The Hall–Kier alpha value is -3.02. The fourth-order valence-electron chi connectivity index (χ4n) is 3.43. The molecule has 5 nitrogen and oxygen atoms in total. The predicted octanol–water partition coefficient (Wildman–Crippen LogP) is 3.61. The number of carbonyl (C=O) groups is 1. The van der Waals surface area contributed by atoms with Crippen LogP contribution in [-0.4, -0.2) is 32.1 Å². The van der Waals surface area contributed by atoms with Gasteiger partial charge in [-0.1, -0.05) is 30.3 Å². The number of amides is 1. The van der Waals surface area contributed by atoms with E-state index in [4.69, 9.17) is 0 Å². The molecule has 1 atom stereocenters. The summed E-state index contributed by atoms with van der Waals surface area (Å²) in [4.78, 5) is 14.6. The molecule has 1 aliphatic heterocycles. The van der Waals surface area contributed by atoms with Crippen LogP contribution in [0.25, 0.3) is 11.4 Å². The fraction of sp³-hybridized carbons (Fsp3) is 0.250. The highest BCUT2D eigenvalue weighted by Gasteiger charge is 2.30. The van der Waals surface area contributed by atoms with Gasteiger partial charge in [-0.3, -0.25) is 4.79 Å². The first-order valence-corrected chi connectivity index (χ1v) is 8.59. The lowest BCUT2D eigenvalue weighted by molar-refractivity contribution is 0.0682. The molecule has 1 amide bonds. The van der Waals surface area contributed by atoms with Crippen molar-refractivity contribution in [3.05, 3.63) is 71.3 Å². The molecule has 0 saturated heterocycles. The van der Waals surface area contributed by atoms with Crippen LogP contribution in [0.15, 0.2) is 48.5 Å². The predicted molar refractivity (Wildman–Crippen MR) is 96.0 cm³/mol. The van der Waals surface area contributed by atoms with Crippen LogP contribution in [-0.2, 0) is 6.54 Å². The average molecular weight is 350 g/mol. The van der Waals surface area contributed by atoms with Gasteiger partial charge in [-0.2, -0.15) is 0 Å². The van der Waals surface area contributed by atoms with E-state index >= 15 is 0 Å². The van der Waals surface area contributed by atoms with E-state index in [0.717, 1.165) is 17.2 Å². The Morgan fingerprint density at radius 3 is 2.65 bits per heavy atom. The molecular weight excluding hydrogens is 331 g/mol. The summed E-state index contributed by atoms with van der Waals surface area (Å²) in [5.74, 6) is 1.16. The van der Waals surface area contributed by atoms with Crippen molar-refractivity contribution in [2.24, 2.45) is 0 Å². The maximum Gasteiger partial charge on any atom is 0.254 e. The van der Waals surface area contributed by atoms with Gasteiger partial charge < -0.3 is 9.47 Å². The molecule has 132 valence electrons. The van der Waals surface area contributed by atoms with Crippen LogP contribution in [0.3, 0.4) is 0 Å². The largest absolute Gasteiger partial charge is 0.329 e. The fourth-order valence-corrected chi connectivity index (χ4v) is 3.43. The first kappa shape index (κ1) is 16.4. The van der Waals surface area contributed by atoms with Gasteiger partial charge in [0.15, 0.2) is 11.6 Å². The molecule has 0 unspecified atom stereocenters. The van der Waals surface area contributed by atoms with E-state index in [0.29, 0.717) is 24.2 Å². The molecule has 0 saturated carbocycles. The average Bonchev–Trinajstić information content (AvgIpc) is 3.09. The lowest BCUT2D eigenvalue weighted by Gasteiger charge is -2.32. The Bertz CT molecular complexity index is 967.